The van der Waals surface area contributed by atoms with E-state index in [1.165, 1.54) is 17.4 Å². The fourth-order valence-electron chi connectivity index (χ4n) is 1.73. The van der Waals surface area contributed by atoms with Crippen molar-refractivity contribution in [1.82, 2.24) is 10.3 Å². The summed E-state index contributed by atoms with van der Waals surface area (Å²) in [7, 11) is 0. The van der Waals surface area contributed by atoms with Crippen LogP contribution in [0.5, 0.6) is 0 Å². The fourth-order valence-corrected chi connectivity index (χ4v) is 2.53. The molecule has 0 saturated carbocycles. The summed E-state index contributed by atoms with van der Waals surface area (Å²) in [6.45, 7) is 5.37. The largest absolute Gasteiger partial charge is 0.343 e. The van der Waals surface area contributed by atoms with Gasteiger partial charge in [0.15, 0.2) is 0 Å². The first kappa shape index (κ1) is 13.7. The van der Waals surface area contributed by atoms with Crippen LogP contribution in [-0.2, 0) is 0 Å². The van der Waals surface area contributed by atoms with E-state index in [2.05, 4.69) is 10.3 Å². The summed E-state index contributed by atoms with van der Waals surface area (Å²) in [5.74, 6) is -0.885. The summed E-state index contributed by atoms with van der Waals surface area (Å²) in [5.41, 5.74) is 1.45. The molecule has 0 bridgehead atoms. The standard InChI is InChI=1S/C14H15FN2OS/c1-8-5-4-6-11(12(8)15)13(18)17-10(3)14-16-9(2)7-19-14/h4-7,10H,1-3H3,(H,17,18). The maximum atomic E-state index is 13.8. The molecule has 0 spiro atoms. The normalized spacial score (nSPS) is 12.2. The molecular formula is C14H15FN2OS. The van der Waals surface area contributed by atoms with Gasteiger partial charge in [-0.3, -0.25) is 4.79 Å². The number of rotatable bonds is 3. The predicted octanol–water partition coefficient (Wildman–Crippen LogP) is 3.39. The summed E-state index contributed by atoms with van der Waals surface area (Å²) in [6.07, 6.45) is 0. The molecule has 1 N–H and O–H groups in total. The van der Waals surface area contributed by atoms with Crippen molar-refractivity contribution in [2.75, 3.05) is 0 Å². The van der Waals surface area contributed by atoms with Crippen LogP contribution in [-0.4, -0.2) is 10.9 Å². The number of amides is 1. The van der Waals surface area contributed by atoms with Crippen molar-refractivity contribution in [2.24, 2.45) is 0 Å². The van der Waals surface area contributed by atoms with Gasteiger partial charge in [-0.05, 0) is 32.4 Å². The molecule has 0 aliphatic rings. The van der Waals surface area contributed by atoms with Crippen LogP contribution in [0.25, 0.3) is 0 Å². The average molecular weight is 278 g/mol. The minimum Gasteiger partial charge on any atom is -0.343 e. The predicted molar refractivity (Wildman–Crippen MR) is 73.9 cm³/mol. The molecular weight excluding hydrogens is 263 g/mol. The van der Waals surface area contributed by atoms with Crippen LogP contribution in [0.4, 0.5) is 4.39 Å². The number of carbonyl (C=O) groups excluding carboxylic acids is 1. The van der Waals surface area contributed by atoms with Gasteiger partial charge >= 0.3 is 0 Å². The number of nitrogens with one attached hydrogen (secondary N) is 1. The molecule has 5 heteroatoms. The molecule has 0 saturated heterocycles. The zero-order chi connectivity index (χ0) is 14.0. The highest BCUT2D eigenvalue weighted by atomic mass is 32.1. The van der Waals surface area contributed by atoms with E-state index in [1.807, 2.05) is 19.2 Å². The van der Waals surface area contributed by atoms with Crippen molar-refractivity contribution >= 4 is 17.2 Å². The first-order chi connectivity index (χ1) is 8.99. The number of hydrogen-bond acceptors (Lipinski definition) is 3. The maximum Gasteiger partial charge on any atom is 0.254 e. The van der Waals surface area contributed by atoms with E-state index < -0.39 is 11.7 Å². The van der Waals surface area contributed by atoms with E-state index in [9.17, 15) is 9.18 Å². The molecule has 1 aromatic heterocycles. The molecule has 1 heterocycles. The van der Waals surface area contributed by atoms with Gasteiger partial charge in [0.25, 0.3) is 5.91 Å². The number of aryl methyl sites for hydroxylation is 2. The third-order valence-corrected chi connectivity index (χ3v) is 3.94. The summed E-state index contributed by atoms with van der Waals surface area (Å²) in [5, 5.41) is 5.50. The summed E-state index contributed by atoms with van der Waals surface area (Å²) in [4.78, 5) is 16.3. The van der Waals surface area contributed by atoms with Gasteiger partial charge in [-0.1, -0.05) is 12.1 Å². The van der Waals surface area contributed by atoms with Gasteiger partial charge < -0.3 is 5.32 Å². The van der Waals surface area contributed by atoms with Gasteiger partial charge in [0.05, 0.1) is 11.6 Å². The Balaban J connectivity index is 2.15. The zero-order valence-electron chi connectivity index (χ0n) is 11.0. The van der Waals surface area contributed by atoms with Gasteiger partial charge in [-0.2, -0.15) is 0 Å². The molecule has 0 fully saturated rings. The number of benzene rings is 1. The lowest BCUT2D eigenvalue weighted by atomic mass is 10.1. The second-order valence-corrected chi connectivity index (χ2v) is 5.35. The van der Waals surface area contributed by atoms with Gasteiger partial charge in [-0.15, -0.1) is 11.3 Å². The van der Waals surface area contributed by atoms with Crippen molar-refractivity contribution < 1.29 is 9.18 Å². The van der Waals surface area contributed by atoms with Crippen molar-refractivity contribution in [3.8, 4) is 0 Å². The number of carbonyl (C=O) groups is 1. The smallest absolute Gasteiger partial charge is 0.254 e. The topological polar surface area (TPSA) is 42.0 Å². The van der Waals surface area contributed by atoms with Crippen LogP contribution >= 0.6 is 11.3 Å². The summed E-state index contributed by atoms with van der Waals surface area (Å²) < 4.78 is 13.8. The van der Waals surface area contributed by atoms with Gasteiger partial charge in [0, 0.05) is 11.1 Å². The van der Waals surface area contributed by atoms with E-state index in [0.29, 0.717) is 5.56 Å². The van der Waals surface area contributed by atoms with Crippen LogP contribution in [0.1, 0.15) is 39.6 Å². The molecule has 100 valence electrons. The third kappa shape index (κ3) is 2.98. The molecule has 1 aromatic carbocycles. The number of aromatic nitrogens is 1. The molecule has 1 atom stereocenters. The second-order valence-electron chi connectivity index (χ2n) is 4.46. The maximum absolute atomic E-state index is 13.8. The van der Waals surface area contributed by atoms with Crippen molar-refractivity contribution in [1.29, 1.82) is 0 Å². The highest BCUT2D eigenvalue weighted by molar-refractivity contribution is 7.09. The Labute approximate surface area is 115 Å². The molecule has 3 nitrogen and oxygen atoms in total. The second kappa shape index (κ2) is 5.48. The third-order valence-electron chi connectivity index (χ3n) is 2.79. The molecule has 2 aromatic rings. The van der Waals surface area contributed by atoms with Crippen LogP contribution < -0.4 is 5.32 Å². The fraction of sp³-hybridized carbons (Fsp3) is 0.286. The van der Waals surface area contributed by atoms with Crippen LogP contribution in [0.2, 0.25) is 0 Å². The lowest BCUT2D eigenvalue weighted by Crippen LogP contribution is -2.27. The first-order valence-corrected chi connectivity index (χ1v) is 6.85. The molecule has 1 amide bonds. The lowest BCUT2D eigenvalue weighted by molar-refractivity contribution is 0.0935. The average Bonchev–Trinajstić information content (AvgIpc) is 2.79. The van der Waals surface area contributed by atoms with E-state index in [0.717, 1.165) is 10.7 Å². The quantitative estimate of drug-likeness (QED) is 0.935. The highest BCUT2D eigenvalue weighted by Gasteiger charge is 2.17. The monoisotopic (exact) mass is 278 g/mol. The lowest BCUT2D eigenvalue weighted by Gasteiger charge is -2.12. The molecule has 1 unspecified atom stereocenters. The summed E-state index contributed by atoms with van der Waals surface area (Å²) in [6, 6.07) is 4.56. The van der Waals surface area contributed by atoms with Gasteiger partial charge in [0.2, 0.25) is 0 Å². The Morgan fingerprint density at radius 1 is 1.42 bits per heavy atom. The highest BCUT2D eigenvalue weighted by Crippen LogP contribution is 2.19. The number of hydrogen-bond donors (Lipinski definition) is 1. The van der Waals surface area contributed by atoms with Gasteiger partial charge in [-0.25, -0.2) is 9.37 Å². The first-order valence-electron chi connectivity index (χ1n) is 5.97. The molecule has 0 aliphatic heterocycles. The number of halogens is 1. The Bertz CT molecular complexity index is 609. The minimum atomic E-state index is -0.470. The SMILES string of the molecule is Cc1csc(C(C)NC(=O)c2cccc(C)c2F)n1. The Morgan fingerprint density at radius 2 is 2.16 bits per heavy atom. The minimum absolute atomic E-state index is 0.0696. The van der Waals surface area contributed by atoms with E-state index >= 15 is 0 Å². The van der Waals surface area contributed by atoms with Crippen molar-refractivity contribution in [3.63, 3.8) is 0 Å². The van der Waals surface area contributed by atoms with Crippen LogP contribution in [0, 0.1) is 19.7 Å². The van der Waals surface area contributed by atoms with Crippen molar-refractivity contribution in [2.45, 2.75) is 26.8 Å². The Hall–Kier alpha value is -1.75. The summed E-state index contributed by atoms with van der Waals surface area (Å²) >= 11 is 1.48. The van der Waals surface area contributed by atoms with Crippen LogP contribution in [0.15, 0.2) is 23.6 Å². The molecule has 0 aliphatic carbocycles. The van der Waals surface area contributed by atoms with E-state index in [1.54, 1.807) is 19.1 Å². The molecule has 19 heavy (non-hydrogen) atoms. The number of thiazole rings is 1. The van der Waals surface area contributed by atoms with Crippen LogP contribution in [0.3, 0.4) is 0 Å². The van der Waals surface area contributed by atoms with E-state index in [4.69, 9.17) is 0 Å². The van der Waals surface area contributed by atoms with E-state index in [-0.39, 0.29) is 11.6 Å². The zero-order valence-corrected chi connectivity index (χ0v) is 11.8. The Kier molecular flexibility index (Phi) is 3.95. The van der Waals surface area contributed by atoms with Gasteiger partial charge in [0.1, 0.15) is 10.8 Å². The number of nitrogens with zero attached hydrogens (tertiary/aromatic N) is 1. The Morgan fingerprint density at radius 3 is 2.79 bits per heavy atom. The van der Waals surface area contributed by atoms with Crippen molar-refractivity contribution in [3.05, 3.63) is 51.2 Å². The molecule has 0 radical (unpaired) electrons. The molecule has 2 rings (SSSR count).